The van der Waals surface area contributed by atoms with Crippen LogP contribution in [0.5, 0.6) is 0 Å². The molecule has 1 saturated heterocycles. The molecule has 0 spiro atoms. The van der Waals surface area contributed by atoms with Gasteiger partial charge in [-0.25, -0.2) is 0 Å². The highest BCUT2D eigenvalue weighted by Crippen LogP contribution is 2.19. The first-order chi connectivity index (χ1) is 9.27. The van der Waals surface area contributed by atoms with Gasteiger partial charge in [0, 0.05) is 18.6 Å². The molecular formula is C15H31N3O2. The van der Waals surface area contributed by atoms with Crippen LogP contribution in [0, 0.1) is 0 Å². The van der Waals surface area contributed by atoms with E-state index in [1.165, 1.54) is 19.4 Å². The van der Waals surface area contributed by atoms with Gasteiger partial charge in [0.05, 0.1) is 6.61 Å². The summed E-state index contributed by atoms with van der Waals surface area (Å²) in [5, 5.41) is 0. The summed E-state index contributed by atoms with van der Waals surface area (Å²) >= 11 is 0. The Kier molecular flexibility index (Phi) is 6.43. The molecule has 5 heteroatoms. The SMILES string of the molecule is CCOC(=O)C(C)(N)CC(C)N(C)CC1CCCN1C. The van der Waals surface area contributed by atoms with E-state index in [-0.39, 0.29) is 12.0 Å². The van der Waals surface area contributed by atoms with Crippen molar-refractivity contribution in [3.8, 4) is 0 Å². The lowest BCUT2D eigenvalue weighted by atomic mass is 9.94. The average Bonchev–Trinajstić information content (AvgIpc) is 2.74. The number of likely N-dealkylation sites (N-methyl/N-ethyl adjacent to an activating group) is 2. The summed E-state index contributed by atoms with van der Waals surface area (Å²) in [6, 6.07) is 0.873. The van der Waals surface area contributed by atoms with Crippen LogP contribution in [-0.4, -0.2) is 67.2 Å². The van der Waals surface area contributed by atoms with Crippen molar-refractivity contribution in [3.05, 3.63) is 0 Å². The van der Waals surface area contributed by atoms with E-state index in [0.29, 0.717) is 19.1 Å². The molecule has 1 rings (SSSR count). The number of ether oxygens (including phenoxy) is 1. The summed E-state index contributed by atoms with van der Waals surface area (Å²) < 4.78 is 5.05. The molecule has 0 bridgehead atoms. The number of esters is 1. The molecule has 1 heterocycles. The average molecular weight is 285 g/mol. The fraction of sp³-hybridized carbons (Fsp3) is 0.933. The first kappa shape index (κ1) is 17.4. The second-order valence-corrected chi connectivity index (χ2v) is 6.41. The number of nitrogens with zero attached hydrogens (tertiary/aromatic N) is 2. The summed E-state index contributed by atoms with van der Waals surface area (Å²) in [6.45, 7) is 8.28. The van der Waals surface area contributed by atoms with E-state index in [1.54, 1.807) is 13.8 Å². The molecular weight excluding hydrogens is 254 g/mol. The first-order valence-electron chi connectivity index (χ1n) is 7.64. The van der Waals surface area contributed by atoms with Crippen molar-refractivity contribution in [2.24, 2.45) is 5.73 Å². The third-order valence-electron chi connectivity index (χ3n) is 4.38. The van der Waals surface area contributed by atoms with E-state index in [9.17, 15) is 4.79 Å². The summed E-state index contributed by atoms with van der Waals surface area (Å²) in [5.74, 6) is -0.307. The third kappa shape index (κ3) is 4.72. The summed E-state index contributed by atoms with van der Waals surface area (Å²) in [6.07, 6.45) is 3.14. The van der Waals surface area contributed by atoms with E-state index < -0.39 is 5.54 Å². The molecule has 118 valence electrons. The van der Waals surface area contributed by atoms with E-state index in [0.717, 1.165) is 6.54 Å². The van der Waals surface area contributed by atoms with Gasteiger partial charge in [-0.15, -0.1) is 0 Å². The maximum absolute atomic E-state index is 11.8. The standard InChI is InChI=1S/C15H31N3O2/c1-6-20-14(19)15(3,16)10-12(2)18(5)11-13-8-7-9-17(13)4/h12-13H,6-11,16H2,1-5H3. The largest absolute Gasteiger partial charge is 0.465 e. The van der Waals surface area contributed by atoms with E-state index in [2.05, 4.69) is 30.8 Å². The lowest BCUT2D eigenvalue weighted by Gasteiger charge is -2.34. The first-order valence-corrected chi connectivity index (χ1v) is 7.64. The van der Waals surface area contributed by atoms with Crippen LogP contribution >= 0.6 is 0 Å². The molecule has 0 amide bonds. The maximum Gasteiger partial charge on any atom is 0.325 e. The molecule has 1 fully saturated rings. The normalized spacial score (nSPS) is 24.6. The van der Waals surface area contributed by atoms with Crippen LogP contribution in [0.2, 0.25) is 0 Å². The van der Waals surface area contributed by atoms with Gasteiger partial charge in [0.15, 0.2) is 0 Å². The molecule has 0 radical (unpaired) electrons. The van der Waals surface area contributed by atoms with Crippen molar-refractivity contribution < 1.29 is 9.53 Å². The summed E-state index contributed by atoms with van der Waals surface area (Å²) in [7, 11) is 4.29. The number of rotatable bonds is 7. The minimum Gasteiger partial charge on any atom is -0.465 e. The smallest absolute Gasteiger partial charge is 0.325 e. The van der Waals surface area contributed by atoms with Crippen LogP contribution in [0.3, 0.4) is 0 Å². The number of carbonyl (C=O) groups excluding carboxylic acids is 1. The maximum atomic E-state index is 11.8. The number of carbonyl (C=O) groups is 1. The molecule has 0 aromatic carbocycles. The van der Waals surface area contributed by atoms with Crippen molar-refractivity contribution in [2.45, 2.75) is 57.7 Å². The Hall–Kier alpha value is -0.650. The van der Waals surface area contributed by atoms with E-state index >= 15 is 0 Å². The molecule has 3 unspecified atom stereocenters. The Bertz CT molecular complexity index is 320. The fourth-order valence-electron chi connectivity index (χ4n) is 2.87. The zero-order chi connectivity index (χ0) is 15.3. The highest BCUT2D eigenvalue weighted by molar-refractivity contribution is 5.80. The van der Waals surface area contributed by atoms with Crippen molar-refractivity contribution in [1.82, 2.24) is 9.80 Å². The van der Waals surface area contributed by atoms with Crippen LogP contribution in [0.25, 0.3) is 0 Å². The minimum absolute atomic E-state index is 0.253. The Morgan fingerprint density at radius 1 is 1.60 bits per heavy atom. The van der Waals surface area contributed by atoms with Crippen molar-refractivity contribution >= 4 is 5.97 Å². The highest BCUT2D eigenvalue weighted by atomic mass is 16.5. The lowest BCUT2D eigenvalue weighted by molar-refractivity contribution is -0.149. The molecule has 2 N–H and O–H groups in total. The topological polar surface area (TPSA) is 58.8 Å². The minimum atomic E-state index is -0.911. The Balaban J connectivity index is 2.47. The molecule has 5 nitrogen and oxygen atoms in total. The van der Waals surface area contributed by atoms with Crippen molar-refractivity contribution in [3.63, 3.8) is 0 Å². The predicted octanol–water partition coefficient (Wildman–Crippen LogP) is 1.07. The van der Waals surface area contributed by atoms with Gasteiger partial charge in [0.2, 0.25) is 0 Å². The lowest BCUT2D eigenvalue weighted by Crippen LogP contribution is -2.51. The number of nitrogens with two attached hydrogens (primary N) is 1. The molecule has 3 atom stereocenters. The van der Waals surface area contributed by atoms with Crippen molar-refractivity contribution in [2.75, 3.05) is 33.8 Å². The number of hydrogen-bond donors (Lipinski definition) is 1. The van der Waals surface area contributed by atoms with Crippen LogP contribution in [-0.2, 0) is 9.53 Å². The van der Waals surface area contributed by atoms with E-state index in [4.69, 9.17) is 10.5 Å². The highest BCUT2D eigenvalue weighted by Gasteiger charge is 2.33. The third-order valence-corrected chi connectivity index (χ3v) is 4.38. The number of hydrogen-bond acceptors (Lipinski definition) is 5. The molecule has 20 heavy (non-hydrogen) atoms. The summed E-state index contributed by atoms with van der Waals surface area (Å²) in [4.78, 5) is 16.6. The second-order valence-electron chi connectivity index (χ2n) is 6.41. The van der Waals surface area contributed by atoms with Crippen LogP contribution < -0.4 is 5.73 Å². The predicted molar refractivity (Wildman–Crippen MR) is 81.6 cm³/mol. The monoisotopic (exact) mass is 285 g/mol. The molecule has 1 aliphatic heterocycles. The Labute approximate surface area is 123 Å². The quantitative estimate of drug-likeness (QED) is 0.709. The van der Waals surface area contributed by atoms with Gasteiger partial charge < -0.3 is 20.3 Å². The second kappa shape index (κ2) is 7.38. The van der Waals surface area contributed by atoms with Crippen LogP contribution in [0.4, 0.5) is 0 Å². The Morgan fingerprint density at radius 2 is 2.25 bits per heavy atom. The molecule has 0 saturated carbocycles. The van der Waals surface area contributed by atoms with Crippen LogP contribution in [0.15, 0.2) is 0 Å². The van der Waals surface area contributed by atoms with Crippen LogP contribution in [0.1, 0.15) is 40.0 Å². The molecule has 1 aliphatic rings. The van der Waals surface area contributed by atoms with Gasteiger partial charge in [-0.3, -0.25) is 4.79 Å². The van der Waals surface area contributed by atoms with Gasteiger partial charge in [-0.05, 0) is 60.7 Å². The van der Waals surface area contributed by atoms with Gasteiger partial charge >= 0.3 is 5.97 Å². The fourth-order valence-corrected chi connectivity index (χ4v) is 2.87. The van der Waals surface area contributed by atoms with E-state index in [1.807, 2.05) is 0 Å². The zero-order valence-corrected chi connectivity index (χ0v) is 13.7. The zero-order valence-electron chi connectivity index (χ0n) is 13.7. The Morgan fingerprint density at radius 3 is 2.75 bits per heavy atom. The molecule has 0 aromatic rings. The number of likely N-dealkylation sites (tertiary alicyclic amines) is 1. The molecule has 0 aromatic heterocycles. The molecule has 0 aliphatic carbocycles. The summed E-state index contributed by atoms with van der Waals surface area (Å²) in [5.41, 5.74) is 5.20. The van der Waals surface area contributed by atoms with Gasteiger partial charge in [-0.1, -0.05) is 0 Å². The van der Waals surface area contributed by atoms with Gasteiger partial charge in [0.25, 0.3) is 0 Å². The van der Waals surface area contributed by atoms with Gasteiger partial charge in [0.1, 0.15) is 5.54 Å². The van der Waals surface area contributed by atoms with Gasteiger partial charge in [-0.2, -0.15) is 0 Å². The van der Waals surface area contributed by atoms with Crippen molar-refractivity contribution in [1.29, 1.82) is 0 Å².